The molecule has 0 aliphatic carbocycles. The van der Waals surface area contributed by atoms with Crippen LogP contribution >= 0.6 is 0 Å². The normalized spacial score (nSPS) is 15.9. The van der Waals surface area contributed by atoms with Gasteiger partial charge in [0.1, 0.15) is 5.52 Å². The number of aryl methyl sites for hydroxylation is 1. The predicted molar refractivity (Wildman–Crippen MR) is 105 cm³/mol. The van der Waals surface area contributed by atoms with Gasteiger partial charge in [-0.25, -0.2) is 4.98 Å². The van der Waals surface area contributed by atoms with Gasteiger partial charge in [-0.1, -0.05) is 6.92 Å². The molecule has 1 fully saturated rings. The highest BCUT2D eigenvalue weighted by Crippen LogP contribution is 2.41. The topological polar surface area (TPSA) is 65.8 Å². The number of ether oxygens (including phenoxy) is 3. The summed E-state index contributed by atoms with van der Waals surface area (Å²) in [6, 6.07) is 1.68. The third-order valence-electron chi connectivity index (χ3n) is 5.55. The van der Waals surface area contributed by atoms with Gasteiger partial charge in [-0.3, -0.25) is 9.36 Å². The molecular formula is C20H29N3O4. The van der Waals surface area contributed by atoms with Gasteiger partial charge >= 0.3 is 0 Å². The Balaban J connectivity index is 1.86. The second kappa shape index (κ2) is 8.61. The van der Waals surface area contributed by atoms with E-state index < -0.39 is 0 Å². The first kappa shape index (κ1) is 19.5. The van der Waals surface area contributed by atoms with Crippen molar-refractivity contribution in [1.82, 2.24) is 14.5 Å². The van der Waals surface area contributed by atoms with E-state index in [9.17, 15) is 4.79 Å². The van der Waals surface area contributed by atoms with Crippen molar-refractivity contribution in [2.75, 3.05) is 41.0 Å². The number of rotatable bonds is 7. The van der Waals surface area contributed by atoms with Crippen molar-refractivity contribution >= 4 is 10.9 Å². The summed E-state index contributed by atoms with van der Waals surface area (Å²) in [5.74, 6) is 1.99. The van der Waals surface area contributed by atoms with E-state index in [1.54, 1.807) is 24.1 Å². The Labute approximate surface area is 159 Å². The van der Waals surface area contributed by atoms with Crippen molar-refractivity contribution in [1.29, 1.82) is 0 Å². The van der Waals surface area contributed by atoms with Crippen LogP contribution in [-0.2, 0) is 6.54 Å². The standard InChI is InChI=1S/C20H29N3O4/c1-5-22-9-6-14(7-10-22)8-11-23-13-21-17-15(20(23)24)12-16(25-2)18(26-3)19(17)27-4/h12-14H,5-11H2,1-4H3. The third-order valence-corrected chi connectivity index (χ3v) is 5.55. The second-order valence-electron chi connectivity index (χ2n) is 6.95. The molecule has 0 radical (unpaired) electrons. The minimum Gasteiger partial charge on any atom is -0.493 e. The van der Waals surface area contributed by atoms with Crippen LogP contribution in [-0.4, -0.2) is 55.4 Å². The molecule has 2 heterocycles. The largest absolute Gasteiger partial charge is 0.493 e. The fraction of sp³-hybridized carbons (Fsp3) is 0.600. The molecule has 0 bridgehead atoms. The molecule has 148 valence electrons. The highest BCUT2D eigenvalue weighted by Gasteiger charge is 2.21. The summed E-state index contributed by atoms with van der Waals surface area (Å²) in [5, 5.41) is 0.479. The highest BCUT2D eigenvalue weighted by molar-refractivity contribution is 5.89. The zero-order valence-electron chi connectivity index (χ0n) is 16.7. The molecule has 1 aromatic heterocycles. The van der Waals surface area contributed by atoms with E-state index in [2.05, 4.69) is 16.8 Å². The fourth-order valence-electron chi connectivity index (χ4n) is 3.84. The number of likely N-dealkylation sites (tertiary alicyclic amines) is 1. The SMILES string of the molecule is CCN1CCC(CCn2cnc3c(OC)c(OC)c(OC)cc3c2=O)CC1. The number of aromatic nitrogens is 2. The van der Waals surface area contributed by atoms with E-state index in [1.165, 1.54) is 27.1 Å². The van der Waals surface area contributed by atoms with E-state index in [4.69, 9.17) is 14.2 Å². The zero-order valence-corrected chi connectivity index (χ0v) is 16.7. The Morgan fingerprint density at radius 1 is 1.11 bits per heavy atom. The molecule has 0 spiro atoms. The lowest BCUT2D eigenvalue weighted by Crippen LogP contribution is -2.34. The quantitative estimate of drug-likeness (QED) is 0.741. The van der Waals surface area contributed by atoms with Gasteiger partial charge in [0, 0.05) is 6.54 Å². The number of benzene rings is 1. The molecule has 0 amide bonds. The summed E-state index contributed by atoms with van der Waals surface area (Å²) >= 11 is 0. The summed E-state index contributed by atoms with van der Waals surface area (Å²) in [5.41, 5.74) is 0.415. The van der Waals surface area contributed by atoms with Gasteiger partial charge in [0.2, 0.25) is 5.75 Å². The van der Waals surface area contributed by atoms with Gasteiger partial charge in [0.15, 0.2) is 11.5 Å². The van der Waals surface area contributed by atoms with Crippen LogP contribution in [0.4, 0.5) is 0 Å². The number of hydrogen-bond donors (Lipinski definition) is 0. The molecular weight excluding hydrogens is 346 g/mol. The number of hydrogen-bond acceptors (Lipinski definition) is 6. The molecule has 0 unspecified atom stereocenters. The molecule has 2 aromatic rings. The van der Waals surface area contributed by atoms with Crippen LogP contribution in [0.25, 0.3) is 10.9 Å². The van der Waals surface area contributed by atoms with Crippen LogP contribution < -0.4 is 19.8 Å². The van der Waals surface area contributed by atoms with Crippen LogP contribution in [0.2, 0.25) is 0 Å². The minimum atomic E-state index is -0.0785. The zero-order chi connectivity index (χ0) is 19.4. The fourth-order valence-corrected chi connectivity index (χ4v) is 3.84. The maximum absolute atomic E-state index is 13.0. The van der Waals surface area contributed by atoms with Gasteiger partial charge in [-0.05, 0) is 50.9 Å². The van der Waals surface area contributed by atoms with Crippen molar-refractivity contribution in [3.05, 3.63) is 22.7 Å². The van der Waals surface area contributed by atoms with E-state index in [-0.39, 0.29) is 5.56 Å². The third kappa shape index (κ3) is 3.88. The Morgan fingerprint density at radius 3 is 2.41 bits per heavy atom. The first-order valence-corrected chi connectivity index (χ1v) is 9.53. The van der Waals surface area contributed by atoms with Crippen molar-refractivity contribution < 1.29 is 14.2 Å². The minimum absolute atomic E-state index is 0.0785. The van der Waals surface area contributed by atoms with E-state index >= 15 is 0 Å². The maximum Gasteiger partial charge on any atom is 0.261 e. The van der Waals surface area contributed by atoms with Crippen LogP contribution in [0.5, 0.6) is 17.2 Å². The Morgan fingerprint density at radius 2 is 1.81 bits per heavy atom. The first-order valence-electron chi connectivity index (χ1n) is 9.53. The monoisotopic (exact) mass is 375 g/mol. The van der Waals surface area contributed by atoms with Gasteiger partial charge in [-0.15, -0.1) is 0 Å². The van der Waals surface area contributed by atoms with Crippen molar-refractivity contribution in [2.24, 2.45) is 5.92 Å². The molecule has 7 nitrogen and oxygen atoms in total. The van der Waals surface area contributed by atoms with Crippen molar-refractivity contribution in [3.8, 4) is 17.2 Å². The lowest BCUT2D eigenvalue weighted by molar-refractivity contribution is 0.183. The molecule has 0 N–H and O–H groups in total. The van der Waals surface area contributed by atoms with Crippen molar-refractivity contribution in [3.63, 3.8) is 0 Å². The smallest absolute Gasteiger partial charge is 0.261 e. The van der Waals surface area contributed by atoms with Gasteiger partial charge in [0.05, 0.1) is 33.0 Å². The molecule has 1 aliphatic heterocycles. The van der Waals surface area contributed by atoms with Gasteiger partial charge in [-0.2, -0.15) is 0 Å². The Kier molecular flexibility index (Phi) is 6.21. The highest BCUT2D eigenvalue weighted by atomic mass is 16.5. The molecule has 0 saturated carbocycles. The predicted octanol–water partition coefficient (Wildman–Crippen LogP) is 2.54. The van der Waals surface area contributed by atoms with Crippen LogP contribution in [0.15, 0.2) is 17.2 Å². The summed E-state index contributed by atoms with van der Waals surface area (Å²) in [6.07, 6.45) is 5.00. The number of fused-ring (bicyclic) bond motifs is 1. The Hall–Kier alpha value is -2.28. The van der Waals surface area contributed by atoms with Gasteiger partial charge < -0.3 is 19.1 Å². The lowest BCUT2D eigenvalue weighted by atomic mass is 9.93. The van der Waals surface area contributed by atoms with Gasteiger partial charge in [0.25, 0.3) is 5.56 Å². The van der Waals surface area contributed by atoms with Crippen LogP contribution in [0.3, 0.4) is 0 Å². The molecule has 1 aliphatic rings. The van der Waals surface area contributed by atoms with Crippen LogP contribution in [0.1, 0.15) is 26.2 Å². The first-order chi connectivity index (χ1) is 13.1. The number of nitrogens with zero attached hydrogens (tertiary/aromatic N) is 3. The average Bonchev–Trinajstić information content (AvgIpc) is 2.72. The summed E-state index contributed by atoms with van der Waals surface area (Å²) in [4.78, 5) is 20.0. The molecule has 3 rings (SSSR count). The Bertz CT molecular complexity index is 841. The summed E-state index contributed by atoms with van der Waals surface area (Å²) in [6.45, 7) is 6.31. The van der Waals surface area contributed by atoms with Crippen LogP contribution in [0, 0.1) is 5.92 Å². The summed E-state index contributed by atoms with van der Waals surface area (Å²) < 4.78 is 17.9. The summed E-state index contributed by atoms with van der Waals surface area (Å²) in [7, 11) is 4.62. The number of piperidine rings is 1. The molecule has 0 atom stereocenters. The van der Waals surface area contributed by atoms with E-state index in [0.29, 0.717) is 40.6 Å². The van der Waals surface area contributed by atoms with E-state index in [1.807, 2.05) is 0 Å². The molecule has 7 heteroatoms. The average molecular weight is 375 g/mol. The lowest BCUT2D eigenvalue weighted by Gasteiger charge is -2.31. The van der Waals surface area contributed by atoms with E-state index in [0.717, 1.165) is 26.1 Å². The molecule has 1 saturated heterocycles. The second-order valence-corrected chi connectivity index (χ2v) is 6.95. The molecule has 1 aromatic carbocycles. The molecule has 27 heavy (non-hydrogen) atoms. The number of methoxy groups -OCH3 is 3. The van der Waals surface area contributed by atoms with Crippen molar-refractivity contribution in [2.45, 2.75) is 32.7 Å². The maximum atomic E-state index is 13.0.